The second kappa shape index (κ2) is 4.25. The largest absolute Gasteiger partial charge is 0.469 e. The Morgan fingerprint density at radius 2 is 1.38 bits per heavy atom. The summed E-state index contributed by atoms with van der Waals surface area (Å²) < 4.78 is 9.22. The fraction of sp³-hybridized carbons (Fsp3) is 0.778. The highest BCUT2D eigenvalue weighted by Crippen LogP contribution is 2.33. The molecule has 1 fully saturated rings. The minimum atomic E-state index is -0.298. The summed E-state index contributed by atoms with van der Waals surface area (Å²) in [6.07, 6.45) is 2.35. The standard InChI is InChI=1S/C9H14O4/c1-12-8(10)6-4-3-5-7(6)9(11)13-2/h6-7H,3-5H2,1-2H3/t6-,7-/m1/s1. The van der Waals surface area contributed by atoms with Crippen molar-refractivity contribution >= 4 is 11.9 Å². The van der Waals surface area contributed by atoms with Gasteiger partial charge in [-0.2, -0.15) is 0 Å². The first-order chi connectivity index (χ1) is 6.20. The molecule has 0 saturated heterocycles. The highest BCUT2D eigenvalue weighted by Gasteiger charge is 2.39. The fourth-order valence-corrected chi connectivity index (χ4v) is 1.83. The van der Waals surface area contributed by atoms with Gasteiger partial charge in [0.2, 0.25) is 0 Å². The lowest BCUT2D eigenvalue weighted by Gasteiger charge is -2.14. The maximum absolute atomic E-state index is 11.2. The number of methoxy groups -OCH3 is 2. The number of hydrogen-bond donors (Lipinski definition) is 0. The summed E-state index contributed by atoms with van der Waals surface area (Å²) in [6, 6.07) is 0. The molecule has 0 aromatic heterocycles. The van der Waals surface area contributed by atoms with E-state index < -0.39 is 0 Å². The van der Waals surface area contributed by atoms with Crippen molar-refractivity contribution in [2.75, 3.05) is 14.2 Å². The van der Waals surface area contributed by atoms with Gasteiger partial charge >= 0.3 is 11.9 Å². The molecule has 1 aliphatic carbocycles. The van der Waals surface area contributed by atoms with Crippen LogP contribution in [0, 0.1) is 11.8 Å². The van der Waals surface area contributed by atoms with E-state index in [1.165, 1.54) is 14.2 Å². The van der Waals surface area contributed by atoms with Crippen molar-refractivity contribution in [1.82, 2.24) is 0 Å². The van der Waals surface area contributed by atoms with Crippen LogP contribution in [0.1, 0.15) is 19.3 Å². The summed E-state index contributed by atoms with van der Waals surface area (Å²) in [4.78, 5) is 22.4. The lowest BCUT2D eigenvalue weighted by molar-refractivity contribution is -0.156. The van der Waals surface area contributed by atoms with Crippen LogP contribution in [-0.2, 0) is 19.1 Å². The lowest BCUT2D eigenvalue weighted by atomic mass is 9.96. The predicted molar refractivity (Wildman–Crippen MR) is 44.9 cm³/mol. The molecule has 1 rings (SSSR count). The Hall–Kier alpha value is -1.06. The molecule has 0 amide bonds. The molecule has 0 radical (unpaired) electrons. The third-order valence-electron chi connectivity index (χ3n) is 2.52. The fourth-order valence-electron chi connectivity index (χ4n) is 1.83. The molecule has 0 bridgehead atoms. The third-order valence-corrected chi connectivity index (χ3v) is 2.52. The summed E-state index contributed by atoms with van der Waals surface area (Å²) in [5.74, 6) is -1.18. The maximum atomic E-state index is 11.2. The average Bonchev–Trinajstić information content (AvgIpc) is 2.63. The van der Waals surface area contributed by atoms with E-state index in [0.29, 0.717) is 0 Å². The average molecular weight is 186 g/mol. The molecule has 0 unspecified atom stereocenters. The van der Waals surface area contributed by atoms with Crippen LogP contribution in [-0.4, -0.2) is 26.2 Å². The van der Waals surface area contributed by atoms with Crippen LogP contribution in [0.5, 0.6) is 0 Å². The Morgan fingerprint density at radius 3 is 1.69 bits per heavy atom. The molecule has 0 heterocycles. The first-order valence-electron chi connectivity index (χ1n) is 4.36. The van der Waals surface area contributed by atoms with Gasteiger partial charge in [-0.25, -0.2) is 0 Å². The van der Waals surface area contributed by atoms with E-state index in [-0.39, 0.29) is 23.8 Å². The van der Waals surface area contributed by atoms with Gasteiger partial charge in [0.1, 0.15) is 0 Å². The molecule has 0 aromatic rings. The Kier molecular flexibility index (Phi) is 3.28. The van der Waals surface area contributed by atoms with Crippen LogP contribution in [0.2, 0.25) is 0 Å². The van der Waals surface area contributed by atoms with E-state index in [9.17, 15) is 9.59 Å². The smallest absolute Gasteiger partial charge is 0.309 e. The zero-order valence-electron chi connectivity index (χ0n) is 7.91. The van der Waals surface area contributed by atoms with Crippen LogP contribution in [0.4, 0.5) is 0 Å². The molecular formula is C9H14O4. The number of hydrogen-bond acceptors (Lipinski definition) is 4. The number of carbonyl (C=O) groups is 2. The van der Waals surface area contributed by atoms with Crippen molar-refractivity contribution in [3.63, 3.8) is 0 Å². The van der Waals surface area contributed by atoms with E-state index >= 15 is 0 Å². The summed E-state index contributed by atoms with van der Waals surface area (Å²) in [5.41, 5.74) is 0. The van der Waals surface area contributed by atoms with Gasteiger partial charge in [-0.15, -0.1) is 0 Å². The number of carbonyl (C=O) groups excluding carboxylic acids is 2. The van der Waals surface area contributed by atoms with Gasteiger partial charge in [-0.1, -0.05) is 6.42 Å². The van der Waals surface area contributed by atoms with Gasteiger partial charge in [-0.3, -0.25) is 9.59 Å². The van der Waals surface area contributed by atoms with Crippen LogP contribution in [0.25, 0.3) is 0 Å². The topological polar surface area (TPSA) is 52.6 Å². The van der Waals surface area contributed by atoms with E-state index in [4.69, 9.17) is 0 Å². The molecule has 1 saturated carbocycles. The third kappa shape index (κ3) is 1.99. The van der Waals surface area contributed by atoms with Crippen LogP contribution in [0.15, 0.2) is 0 Å². The van der Waals surface area contributed by atoms with Crippen LogP contribution >= 0.6 is 0 Å². The molecule has 0 aliphatic heterocycles. The highest BCUT2D eigenvalue weighted by atomic mass is 16.5. The van der Waals surface area contributed by atoms with Crippen molar-refractivity contribution in [1.29, 1.82) is 0 Å². The van der Waals surface area contributed by atoms with Gasteiger partial charge in [0.25, 0.3) is 0 Å². The molecule has 74 valence electrons. The van der Waals surface area contributed by atoms with E-state index in [0.717, 1.165) is 19.3 Å². The van der Waals surface area contributed by atoms with Crippen LogP contribution in [0.3, 0.4) is 0 Å². The maximum Gasteiger partial charge on any atom is 0.309 e. The summed E-state index contributed by atoms with van der Waals surface area (Å²) in [5, 5.41) is 0. The predicted octanol–water partition coefficient (Wildman–Crippen LogP) is 0.749. The highest BCUT2D eigenvalue weighted by molar-refractivity contribution is 5.82. The lowest BCUT2D eigenvalue weighted by Crippen LogP contribution is -2.27. The SMILES string of the molecule is COC(=O)[C@@H]1CCC[C@H]1C(=O)OC. The minimum Gasteiger partial charge on any atom is -0.469 e. The van der Waals surface area contributed by atoms with E-state index in [1.54, 1.807) is 0 Å². The van der Waals surface area contributed by atoms with Crippen LogP contribution < -0.4 is 0 Å². The van der Waals surface area contributed by atoms with Crippen molar-refractivity contribution in [3.05, 3.63) is 0 Å². The zero-order valence-corrected chi connectivity index (χ0v) is 7.91. The monoisotopic (exact) mass is 186 g/mol. The Balaban J connectivity index is 2.63. The minimum absolute atomic E-state index is 0.294. The second-order valence-electron chi connectivity index (χ2n) is 3.19. The Morgan fingerprint density at radius 1 is 1.00 bits per heavy atom. The van der Waals surface area contributed by atoms with Crippen molar-refractivity contribution in [2.45, 2.75) is 19.3 Å². The normalized spacial score (nSPS) is 26.9. The number of rotatable bonds is 2. The molecule has 0 N–H and O–H groups in total. The Labute approximate surface area is 77.2 Å². The first kappa shape index (κ1) is 10.0. The molecular weight excluding hydrogens is 172 g/mol. The quantitative estimate of drug-likeness (QED) is 0.597. The Bertz CT molecular complexity index is 190. The molecule has 13 heavy (non-hydrogen) atoms. The molecule has 0 aromatic carbocycles. The van der Waals surface area contributed by atoms with Crippen molar-refractivity contribution in [3.8, 4) is 0 Å². The summed E-state index contributed by atoms with van der Waals surface area (Å²) in [7, 11) is 2.68. The van der Waals surface area contributed by atoms with Gasteiger partial charge in [0, 0.05) is 0 Å². The summed E-state index contributed by atoms with van der Waals surface area (Å²) >= 11 is 0. The molecule has 4 heteroatoms. The van der Waals surface area contributed by atoms with Gasteiger partial charge in [0.15, 0.2) is 0 Å². The number of ether oxygens (including phenoxy) is 2. The molecule has 1 aliphatic rings. The van der Waals surface area contributed by atoms with Gasteiger partial charge in [-0.05, 0) is 12.8 Å². The molecule has 4 nitrogen and oxygen atoms in total. The zero-order chi connectivity index (χ0) is 9.84. The first-order valence-corrected chi connectivity index (χ1v) is 4.36. The number of esters is 2. The van der Waals surface area contributed by atoms with Gasteiger partial charge < -0.3 is 9.47 Å². The van der Waals surface area contributed by atoms with Gasteiger partial charge in [0.05, 0.1) is 26.1 Å². The van der Waals surface area contributed by atoms with E-state index in [2.05, 4.69) is 9.47 Å². The molecule has 2 atom stereocenters. The molecule has 0 spiro atoms. The van der Waals surface area contributed by atoms with Crippen molar-refractivity contribution < 1.29 is 19.1 Å². The summed E-state index contributed by atoms with van der Waals surface area (Å²) in [6.45, 7) is 0. The van der Waals surface area contributed by atoms with Crippen molar-refractivity contribution in [2.24, 2.45) is 11.8 Å². The van der Waals surface area contributed by atoms with E-state index in [1.807, 2.05) is 0 Å². The second-order valence-corrected chi connectivity index (χ2v) is 3.19.